The molecule has 0 aliphatic carbocycles. The van der Waals surface area contributed by atoms with Gasteiger partial charge in [-0.25, -0.2) is 13.4 Å². The van der Waals surface area contributed by atoms with Gasteiger partial charge in [-0.2, -0.15) is 9.29 Å². The molecule has 0 atom stereocenters. The minimum absolute atomic E-state index is 0.0590. The first-order valence-electron chi connectivity index (χ1n) is 4.76. The number of anilines is 1. The first-order chi connectivity index (χ1) is 7.86. The van der Waals surface area contributed by atoms with Gasteiger partial charge in [-0.3, -0.25) is 0 Å². The van der Waals surface area contributed by atoms with Crippen molar-refractivity contribution in [3.63, 3.8) is 0 Å². The molecule has 1 aliphatic heterocycles. The van der Waals surface area contributed by atoms with Gasteiger partial charge in [0.05, 0.1) is 25.5 Å². The van der Waals surface area contributed by atoms with Crippen LogP contribution in [0.1, 0.15) is 0 Å². The lowest BCUT2D eigenvalue weighted by Gasteiger charge is -2.36. The normalized spacial score (nSPS) is 17.8. The molecular weight excluding hydrogens is 268 g/mol. The Morgan fingerprint density at radius 1 is 1.59 bits per heavy atom. The number of hydrogen-bond acceptors (Lipinski definition) is 6. The second kappa shape index (κ2) is 4.28. The van der Waals surface area contributed by atoms with Crippen LogP contribution < -0.4 is 10.5 Å². The minimum atomic E-state index is -3.15. The number of nitrogens with zero attached hydrogens (tertiary/aromatic N) is 3. The van der Waals surface area contributed by atoms with Crippen LogP contribution in [0.3, 0.4) is 0 Å². The molecule has 0 radical (unpaired) electrons. The van der Waals surface area contributed by atoms with Crippen LogP contribution in [-0.2, 0) is 10.0 Å². The maximum atomic E-state index is 11.1. The smallest absolute Gasteiger partial charge is 0.237 e. The summed E-state index contributed by atoms with van der Waals surface area (Å²) < 4.78 is 29.0. The van der Waals surface area contributed by atoms with Crippen molar-refractivity contribution < 1.29 is 13.2 Å². The van der Waals surface area contributed by atoms with Gasteiger partial charge in [0.2, 0.25) is 21.9 Å². The lowest BCUT2D eigenvalue weighted by molar-refractivity contribution is 0.0727. The molecule has 1 saturated heterocycles. The van der Waals surface area contributed by atoms with Gasteiger partial charge in [-0.05, 0) is 0 Å². The number of ether oxygens (including phenoxy) is 1. The molecule has 2 rings (SSSR count). The predicted octanol–water partition coefficient (Wildman–Crippen LogP) is -0.265. The Kier molecular flexibility index (Phi) is 3.11. The number of rotatable bonds is 3. The molecule has 2 heterocycles. The van der Waals surface area contributed by atoms with Gasteiger partial charge in [-0.1, -0.05) is 11.6 Å². The largest absolute Gasteiger partial charge is 0.470 e. The van der Waals surface area contributed by atoms with Gasteiger partial charge >= 0.3 is 0 Å². The summed E-state index contributed by atoms with van der Waals surface area (Å²) in [5.74, 6) is 0.237. The van der Waals surface area contributed by atoms with Crippen molar-refractivity contribution in [3.05, 3.63) is 11.2 Å². The average Bonchev–Trinajstić information content (AvgIpc) is 2.14. The van der Waals surface area contributed by atoms with Crippen LogP contribution in [0.2, 0.25) is 5.02 Å². The van der Waals surface area contributed by atoms with E-state index in [4.69, 9.17) is 22.1 Å². The van der Waals surface area contributed by atoms with Gasteiger partial charge in [-0.15, -0.1) is 0 Å². The van der Waals surface area contributed by atoms with Crippen LogP contribution in [0.4, 0.5) is 5.95 Å². The van der Waals surface area contributed by atoms with E-state index < -0.39 is 10.0 Å². The highest BCUT2D eigenvalue weighted by Crippen LogP contribution is 2.25. The Hall–Kier alpha value is -1.12. The lowest BCUT2D eigenvalue weighted by Crippen LogP contribution is -2.55. The zero-order valence-corrected chi connectivity index (χ0v) is 10.6. The molecule has 1 aromatic rings. The first-order valence-corrected chi connectivity index (χ1v) is 6.98. The molecule has 9 heteroatoms. The molecule has 94 valence electrons. The Balaban J connectivity index is 1.98. The van der Waals surface area contributed by atoms with Crippen LogP contribution in [0.15, 0.2) is 6.20 Å². The van der Waals surface area contributed by atoms with E-state index in [1.807, 2.05) is 0 Å². The molecule has 0 saturated carbocycles. The third-order valence-electron chi connectivity index (χ3n) is 2.29. The maximum Gasteiger partial charge on any atom is 0.237 e. The number of sulfonamides is 1. The second-order valence-corrected chi connectivity index (χ2v) is 6.09. The predicted molar refractivity (Wildman–Crippen MR) is 62.3 cm³/mol. The van der Waals surface area contributed by atoms with E-state index in [0.717, 1.165) is 6.26 Å². The standard InChI is InChI=1S/C8H11ClN4O3S/c1-17(14,15)13-3-5(4-13)16-7-6(9)2-11-8(10)12-7/h2,5H,3-4H2,1H3,(H2,10,11,12). The fourth-order valence-electron chi connectivity index (χ4n) is 1.35. The second-order valence-electron chi connectivity index (χ2n) is 3.70. The van der Waals surface area contributed by atoms with Crippen LogP contribution >= 0.6 is 11.6 Å². The molecule has 0 bridgehead atoms. The summed E-state index contributed by atoms with van der Waals surface area (Å²) in [4.78, 5) is 7.52. The molecule has 1 aliphatic rings. The monoisotopic (exact) mass is 278 g/mol. The number of hydrogen-bond donors (Lipinski definition) is 1. The van der Waals surface area contributed by atoms with E-state index in [1.165, 1.54) is 10.5 Å². The Morgan fingerprint density at radius 2 is 2.24 bits per heavy atom. The topological polar surface area (TPSA) is 98.4 Å². The van der Waals surface area contributed by atoms with Crippen molar-refractivity contribution in [1.82, 2.24) is 14.3 Å². The SMILES string of the molecule is CS(=O)(=O)N1CC(Oc2nc(N)ncc2Cl)C1. The lowest BCUT2D eigenvalue weighted by atomic mass is 10.2. The van der Waals surface area contributed by atoms with E-state index in [-0.39, 0.29) is 23.0 Å². The molecule has 1 aromatic heterocycles. The van der Waals surface area contributed by atoms with Gasteiger partial charge in [0, 0.05) is 0 Å². The van der Waals surface area contributed by atoms with E-state index in [0.29, 0.717) is 13.1 Å². The molecule has 0 amide bonds. The molecule has 0 aromatic carbocycles. The van der Waals surface area contributed by atoms with Crippen molar-refractivity contribution in [2.24, 2.45) is 0 Å². The number of nitrogen functional groups attached to an aromatic ring is 1. The molecule has 1 fully saturated rings. The molecule has 17 heavy (non-hydrogen) atoms. The third kappa shape index (κ3) is 2.76. The Labute approximate surface area is 104 Å². The van der Waals surface area contributed by atoms with Crippen molar-refractivity contribution >= 4 is 27.6 Å². The third-order valence-corrected chi connectivity index (χ3v) is 3.79. The highest BCUT2D eigenvalue weighted by molar-refractivity contribution is 7.88. The molecular formula is C8H11ClN4O3S. The van der Waals surface area contributed by atoms with E-state index in [1.54, 1.807) is 0 Å². The number of halogens is 1. The molecule has 0 unspecified atom stereocenters. The highest BCUT2D eigenvalue weighted by atomic mass is 35.5. The van der Waals surface area contributed by atoms with Crippen molar-refractivity contribution in [3.8, 4) is 5.88 Å². The van der Waals surface area contributed by atoms with Gasteiger partial charge in [0.25, 0.3) is 0 Å². The Morgan fingerprint density at radius 3 is 2.82 bits per heavy atom. The maximum absolute atomic E-state index is 11.1. The van der Waals surface area contributed by atoms with Crippen LogP contribution in [0.5, 0.6) is 5.88 Å². The Bertz CT molecular complexity index is 530. The zero-order valence-electron chi connectivity index (χ0n) is 9.00. The number of aromatic nitrogens is 2. The van der Waals surface area contributed by atoms with E-state index in [2.05, 4.69) is 9.97 Å². The average molecular weight is 279 g/mol. The van der Waals surface area contributed by atoms with Gasteiger partial charge in [0.1, 0.15) is 11.1 Å². The summed E-state index contributed by atoms with van der Waals surface area (Å²) in [5.41, 5.74) is 5.39. The van der Waals surface area contributed by atoms with Gasteiger partial charge < -0.3 is 10.5 Å². The van der Waals surface area contributed by atoms with Crippen molar-refractivity contribution in [2.75, 3.05) is 25.1 Å². The zero-order chi connectivity index (χ0) is 12.6. The van der Waals surface area contributed by atoms with Crippen LogP contribution in [0.25, 0.3) is 0 Å². The fraction of sp³-hybridized carbons (Fsp3) is 0.500. The van der Waals surface area contributed by atoms with Gasteiger partial charge in [0.15, 0.2) is 0 Å². The highest BCUT2D eigenvalue weighted by Gasteiger charge is 2.35. The summed E-state index contributed by atoms with van der Waals surface area (Å²) in [7, 11) is -3.15. The first kappa shape index (κ1) is 12.3. The van der Waals surface area contributed by atoms with Crippen molar-refractivity contribution in [1.29, 1.82) is 0 Å². The molecule has 2 N–H and O–H groups in total. The van der Waals surface area contributed by atoms with Crippen LogP contribution in [-0.4, -0.2) is 48.1 Å². The fourth-order valence-corrected chi connectivity index (χ4v) is 2.36. The quantitative estimate of drug-likeness (QED) is 0.817. The molecule has 0 spiro atoms. The summed E-state index contributed by atoms with van der Waals surface area (Å²) in [5, 5.41) is 0.247. The van der Waals surface area contributed by atoms with Crippen LogP contribution in [0, 0.1) is 0 Å². The summed E-state index contributed by atoms with van der Waals surface area (Å²) >= 11 is 5.81. The summed E-state index contributed by atoms with van der Waals surface area (Å²) in [6, 6.07) is 0. The minimum Gasteiger partial charge on any atom is -0.470 e. The number of nitrogens with two attached hydrogens (primary N) is 1. The summed E-state index contributed by atoms with van der Waals surface area (Å²) in [6.07, 6.45) is 2.24. The summed E-state index contributed by atoms with van der Waals surface area (Å²) in [6.45, 7) is 0.581. The van der Waals surface area contributed by atoms with E-state index >= 15 is 0 Å². The van der Waals surface area contributed by atoms with E-state index in [9.17, 15) is 8.42 Å². The molecule has 7 nitrogen and oxygen atoms in total. The van der Waals surface area contributed by atoms with Crippen molar-refractivity contribution in [2.45, 2.75) is 6.10 Å².